The molecule has 0 unspecified atom stereocenters. The number of rotatable bonds is 4. The van der Waals surface area contributed by atoms with Crippen LogP contribution in [0.3, 0.4) is 0 Å². The molecule has 25 heavy (non-hydrogen) atoms. The van der Waals surface area contributed by atoms with Gasteiger partial charge in [-0.2, -0.15) is 0 Å². The van der Waals surface area contributed by atoms with Gasteiger partial charge in [-0.1, -0.05) is 19.3 Å². The molecule has 1 aliphatic carbocycles. The van der Waals surface area contributed by atoms with Crippen molar-refractivity contribution in [2.24, 2.45) is 5.92 Å². The number of aliphatic hydroxyl groups is 1. The van der Waals surface area contributed by atoms with Gasteiger partial charge in [0, 0.05) is 32.7 Å². The summed E-state index contributed by atoms with van der Waals surface area (Å²) in [5.74, 6) is 0.410. The van der Waals surface area contributed by atoms with Crippen molar-refractivity contribution in [3.8, 4) is 0 Å². The smallest absolute Gasteiger partial charge is 0.255 e. The van der Waals surface area contributed by atoms with Crippen molar-refractivity contribution in [1.29, 1.82) is 0 Å². The zero-order chi connectivity index (χ0) is 18.1. The van der Waals surface area contributed by atoms with Crippen LogP contribution < -0.4 is 5.32 Å². The predicted octanol–water partition coefficient (Wildman–Crippen LogP) is 1.13. The first-order valence-corrected chi connectivity index (χ1v) is 9.88. The summed E-state index contributed by atoms with van der Waals surface area (Å²) >= 11 is 0. The average molecular weight is 351 g/mol. The van der Waals surface area contributed by atoms with Crippen LogP contribution >= 0.6 is 0 Å². The maximum Gasteiger partial charge on any atom is 0.255 e. The number of nitrogens with one attached hydrogen (secondary N) is 1. The Morgan fingerprint density at radius 3 is 2.56 bits per heavy atom. The van der Waals surface area contributed by atoms with Gasteiger partial charge in [0.05, 0.1) is 5.54 Å². The highest BCUT2D eigenvalue weighted by atomic mass is 16.3. The summed E-state index contributed by atoms with van der Waals surface area (Å²) in [5, 5.41) is 14.0. The third-order valence-corrected chi connectivity index (χ3v) is 6.37. The molecule has 0 spiro atoms. The Kier molecular flexibility index (Phi) is 5.40. The highest BCUT2D eigenvalue weighted by Crippen LogP contribution is 2.30. The van der Waals surface area contributed by atoms with E-state index in [1.807, 2.05) is 23.6 Å². The topological polar surface area (TPSA) is 72.9 Å². The van der Waals surface area contributed by atoms with E-state index in [2.05, 4.69) is 5.32 Å². The monoisotopic (exact) mass is 351 g/mol. The van der Waals surface area contributed by atoms with Gasteiger partial charge in [0.1, 0.15) is 0 Å². The molecule has 6 nitrogen and oxygen atoms in total. The maximum atomic E-state index is 13.0. The number of hydrogen-bond acceptors (Lipinski definition) is 4. The molecule has 6 heteroatoms. The first-order valence-electron chi connectivity index (χ1n) is 9.88. The second-order valence-electron chi connectivity index (χ2n) is 8.63. The molecule has 2 N–H and O–H groups in total. The molecule has 3 aliphatic rings. The van der Waals surface area contributed by atoms with E-state index in [9.17, 15) is 14.7 Å². The summed E-state index contributed by atoms with van der Waals surface area (Å²) < 4.78 is 0. The van der Waals surface area contributed by atoms with Crippen LogP contribution in [-0.4, -0.2) is 70.6 Å². The van der Waals surface area contributed by atoms with Crippen LogP contribution in [0.2, 0.25) is 0 Å². The molecule has 2 heterocycles. The number of β-amino-alcohol motifs (C(OH)–C–C–N with tert-alkyl or cyclic N) is 1. The lowest BCUT2D eigenvalue weighted by Gasteiger charge is -2.47. The zero-order valence-corrected chi connectivity index (χ0v) is 15.7. The zero-order valence-electron chi connectivity index (χ0n) is 15.7. The summed E-state index contributed by atoms with van der Waals surface area (Å²) in [6, 6.07) is 0. The van der Waals surface area contributed by atoms with Crippen molar-refractivity contribution >= 4 is 11.8 Å². The van der Waals surface area contributed by atoms with E-state index in [1.165, 1.54) is 32.1 Å². The minimum Gasteiger partial charge on any atom is -0.379 e. The van der Waals surface area contributed by atoms with E-state index >= 15 is 0 Å². The molecule has 0 radical (unpaired) electrons. The summed E-state index contributed by atoms with van der Waals surface area (Å²) in [5.41, 5.74) is -2.05. The minimum atomic E-state index is -1.36. The normalized spacial score (nSPS) is 31.9. The Morgan fingerprint density at radius 1 is 1.12 bits per heavy atom. The molecule has 1 atom stereocenters. The summed E-state index contributed by atoms with van der Waals surface area (Å²) in [6.07, 6.45) is 7.53. The first kappa shape index (κ1) is 18.6. The van der Waals surface area contributed by atoms with Gasteiger partial charge >= 0.3 is 0 Å². The van der Waals surface area contributed by atoms with E-state index in [1.54, 1.807) is 0 Å². The van der Waals surface area contributed by atoms with Gasteiger partial charge in [-0.3, -0.25) is 14.5 Å². The molecule has 2 aliphatic heterocycles. The molecule has 3 fully saturated rings. The number of hydrogen-bond donors (Lipinski definition) is 2. The standard InChI is InChI=1S/C19H33N3O3/c1-18(2)16(23)20-10-12-22(18)14-19(25)9-6-11-21(17(19)24)13-15-7-4-3-5-8-15/h15,25H,3-14H2,1-2H3,(H,20,23)/t19-/m0/s1. The molecule has 2 saturated heterocycles. The fourth-order valence-corrected chi connectivity index (χ4v) is 4.60. The van der Waals surface area contributed by atoms with E-state index in [0.29, 0.717) is 25.4 Å². The Hall–Kier alpha value is -1.14. The molecular formula is C19H33N3O3. The molecule has 0 aromatic carbocycles. The number of carbonyl (C=O) groups is 2. The van der Waals surface area contributed by atoms with Crippen LogP contribution in [0.5, 0.6) is 0 Å². The Balaban J connectivity index is 1.67. The van der Waals surface area contributed by atoms with E-state index in [-0.39, 0.29) is 18.4 Å². The van der Waals surface area contributed by atoms with Gasteiger partial charge in [0.25, 0.3) is 5.91 Å². The second-order valence-corrected chi connectivity index (χ2v) is 8.63. The van der Waals surface area contributed by atoms with Crippen molar-refractivity contribution in [3.05, 3.63) is 0 Å². The van der Waals surface area contributed by atoms with Crippen LogP contribution in [0.15, 0.2) is 0 Å². The highest BCUT2D eigenvalue weighted by molar-refractivity contribution is 5.88. The quantitative estimate of drug-likeness (QED) is 0.796. The van der Waals surface area contributed by atoms with Gasteiger partial charge in [-0.05, 0) is 45.4 Å². The lowest BCUT2D eigenvalue weighted by atomic mass is 9.85. The maximum absolute atomic E-state index is 13.0. The number of amides is 2. The molecule has 142 valence electrons. The lowest BCUT2D eigenvalue weighted by Crippen LogP contribution is -2.67. The van der Waals surface area contributed by atoms with Gasteiger partial charge in [-0.25, -0.2) is 0 Å². The number of likely N-dealkylation sites (tertiary alicyclic amines) is 1. The SMILES string of the molecule is CC1(C)C(=O)NCCN1C[C@@]1(O)CCCN(CC2CCCCC2)C1=O. The van der Waals surface area contributed by atoms with Crippen LogP contribution in [0, 0.1) is 5.92 Å². The molecular weight excluding hydrogens is 318 g/mol. The van der Waals surface area contributed by atoms with E-state index < -0.39 is 11.1 Å². The van der Waals surface area contributed by atoms with Crippen LogP contribution in [0.25, 0.3) is 0 Å². The average Bonchev–Trinajstić information content (AvgIpc) is 2.58. The van der Waals surface area contributed by atoms with Crippen molar-refractivity contribution in [3.63, 3.8) is 0 Å². The number of nitrogens with zero attached hydrogens (tertiary/aromatic N) is 2. The molecule has 3 rings (SSSR count). The second kappa shape index (κ2) is 7.23. The molecule has 2 amide bonds. The van der Waals surface area contributed by atoms with Crippen molar-refractivity contribution in [2.75, 3.05) is 32.7 Å². The predicted molar refractivity (Wildman–Crippen MR) is 96.0 cm³/mol. The summed E-state index contributed by atoms with van der Waals surface area (Å²) in [4.78, 5) is 29.0. The number of carbonyl (C=O) groups excluding carboxylic acids is 2. The Bertz CT molecular complexity index is 516. The molecule has 0 aromatic heterocycles. The number of piperazine rings is 1. The third-order valence-electron chi connectivity index (χ3n) is 6.37. The fourth-order valence-electron chi connectivity index (χ4n) is 4.60. The minimum absolute atomic E-state index is 0.0373. The Morgan fingerprint density at radius 2 is 1.84 bits per heavy atom. The Labute approximate surface area is 150 Å². The van der Waals surface area contributed by atoms with Crippen molar-refractivity contribution in [2.45, 2.75) is 69.9 Å². The number of piperidine rings is 1. The molecule has 0 bridgehead atoms. The van der Waals surface area contributed by atoms with E-state index in [0.717, 1.165) is 19.5 Å². The van der Waals surface area contributed by atoms with E-state index in [4.69, 9.17) is 0 Å². The van der Waals surface area contributed by atoms with Crippen LogP contribution in [0.1, 0.15) is 58.8 Å². The van der Waals surface area contributed by atoms with Gasteiger partial charge < -0.3 is 15.3 Å². The third kappa shape index (κ3) is 3.85. The van der Waals surface area contributed by atoms with Gasteiger partial charge in [-0.15, -0.1) is 0 Å². The lowest BCUT2D eigenvalue weighted by molar-refractivity contribution is -0.164. The largest absolute Gasteiger partial charge is 0.379 e. The fraction of sp³-hybridized carbons (Fsp3) is 0.895. The van der Waals surface area contributed by atoms with Crippen LogP contribution in [-0.2, 0) is 9.59 Å². The van der Waals surface area contributed by atoms with Crippen molar-refractivity contribution in [1.82, 2.24) is 15.1 Å². The molecule has 1 saturated carbocycles. The summed E-state index contributed by atoms with van der Waals surface area (Å²) in [7, 11) is 0. The van der Waals surface area contributed by atoms with Gasteiger partial charge in [0.15, 0.2) is 5.60 Å². The van der Waals surface area contributed by atoms with Crippen molar-refractivity contribution < 1.29 is 14.7 Å². The van der Waals surface area contributed by atoms with Crippen LogP contribution in [0.4, 0.5) is 0 Å². The first-order chi connectivity index (χ1) is 11.8. The van der Waals surface area contributed by atoms with Gasteiger partial charge in [0.2, 0.25) is 5.91 Å². The highest BCUT2D eigenvalue weighted by Gasteiger charge is 2.48. The molecule has 0 aromatic rings. The summed E-state index contributed by atoms with van der Waals surface area (Å²) in [6.45, 7) is 6.73.